The summed E-state index contributed by atoms with van der Waals surface area (Å²) in [6.45, 7) is 2.15. The van der Waals surface area contributed by atoms with E-state index in [4.69, 9.17) is 23.1 Å². The molecule has 1 rings (SSSR count). The summed E-state index contributed by atoms with van der Waals surface area (Å²) in [5, 5.41) is 0.696. The zero-order chi connectivity index (χ0) is 10.6. The summed E-state index contributed by atoms with van der Waals surface area (Å²) in [5.41, 5.74) is 13.5. The van der Waals surface area contributed by atoms with Crippen LogP contribution in [0.1, 0.15) is 37.8 Å². The predicted octanol–water partition coefficient (Wildman–Crippen LogP) is 3.11. The van der Waals surface area contributed by atoms with Crippen LogP contribution < -0.4 is 11.5 Å². The van der Waals surface area contributed by atoms with Crippen LogP contribution >= 0.6 is 11.6 Å². The van der Waals surface area contributed by atoms with Crippen molar-refractivity contribution in [1.29, 1.82) is 0 Å². The second-order valence-corrected chi connectivity index (χ2v) is 3.96. The molecule has 3 heteroatoms. The monoisotopic (exact) mass is 212 g/mol. The van der Waals surface area contributed by atoms with Crippen LogP contribution in [0.4, 0.5) is 5.69 Å². The maximum atomic E-state index is 6.01. The fraction of sp³-hybridized carbons (Fsp3) is 0.455. The zero-order valence-corrected chi connectivity index (χ0v) is 9.22. The van der Waals surface area contributed by atoms with E-state index in [1.54, 1.807) is 6.07 Å². The summed E-state index contributed by atoms with van der Waals surface area (Å²) in [4.78, 5) is 0. The number of nitrogen functional groups attached to an aromatic ring is 1. The van der Waals surface area contributed by atoms with Gasteiger partial charge in [-0.25, -0.2) is 0 Å². The van der Waals surface area contributed by atoms with Gasteiger partial charge in [0, 0.05) is 16.8 Å². The van der Waals surface area contributed by atoms with Gasteiger partial charge in [-0.3, -0.25) is 0 Å². The lowest BCUT2D eigenvalue weighted by atomic mass is 10.0. The highest BCUT2D eigenvalue weighted by Gasteiger charge is 2.09. The predicted molar refractivity (Wildman–Crippen MR) is 62.3 cm³/mol. The van der Waals surface area contributed by atoms with Crippen LogP contribution in [0.5, 0.6) is 0 Å². The van der Waals surface area contributed by atoms with E-state index in [2.05, 4.69) is 6.92 Å². The highest BCUT2D eigenvalue weighted by molar-refractivity contribution is 6.30. The molecule has 1 aromatic carbocycles. The van der Waals surface area contributed by atoms with Crippen molar-refractivity contribution < 1.29 is 0 Å². The summed E-state index contributed by atoms with van der Waals surface area (Å²) < 4.78 is 0. The first-order valence-corrected chi connectivity index (χ1v) is 5.33. The number of unbranched alkanes of at least 4 members (excludes halogenated alkanes) is 1. The van der Waals surface area contributed by atoms with Gasteiger partial charge in [0.25, 0.3) is 0 Å². The summed E-state index contributed by atoms with van der Waals surface area (Å²) >= 11 is 5.88. The lowest BCUT2D eigenvalue weighted by molar-refractivity contribution is 0.605. The molecule has 14 heavy (non-hydrogen) atoms. The maximum Gasteiger partial charge on any atom is 0.0410 e. The fourth-order valence-corrected chi connectivity index (χ4v) is 1.63. The molecule has 0 radical (unpaired) electrons. The highest BCUT2D eigenvalue weighted by Crippen LogP contribution is 2.25. The quantitative estimate of drug-likeness (QED) is 0.754. The number of nitrogens with two attached hydrogens (primary N) is 2. The Labute approximate surface area is 90.2 Å². The molecule has 2 nitrogen and oxygen atoms in total. The van der Waals surface area contributed by atoms with Gasteiger partial charge in [0.2, 0.25) is 0 Å². The van der Waals surface area contributed by atoms with Crippen molar-refractivity contribution in [3.63, 3.8) is 0 Å². The van der Waals surface area contributed by atoms with E-state index in [9.17, 15) is 0 Å². The molecule has 0 saturated carbocycles. The molecule has 0 saturated heterocycles. The van der Waals surface area contributed by atoms with E-state index in [0.717, 1.165) is 30.5 Å². The van der Waals surface area contributed by atoms with E-state index in [1.807, 2.05) is 12.1 Å². The minimum Gasteiger partial charge on any atom is -0.398 e. The van der Waals surface area contributed by atoms with Gasteiger partial charge >= 0.3 is 0 Å². The standard InChI is InChI=1S/C11H17ClN2/c1-2-3-4-10(13)9-7-8(12)5-6-11(9)14/h5-7,10H,2-4,13-14H2,1H3/t10-/m0/s1. The smallest absolute Gasteiger partial charge is 0.0410 e. The van der Waals surface area contributed by atoms with E-state index < -0.39 is 0 Å². The van der Waals surface area contributed by atoms with Gasteiger partial charge in [0.1, 0.15) is 0 Å². The Balaban J connectivity index is 2.77. The third-order valence-electron chi connectivity index (χ3n) is 2.32. The Hall–Kier alpha value is -0.730. The van der Waals surface area contributed by atoms with Gasteiger partial charge < -0.3 is 11.5 Å². The summed E-state index contributed by atoms with van der Waals surface area (Å²) in [7, 11) is 0. The Morgan fingerprint density at radius 2 is 2.14 bits per heavy atom. The second kappa shape index (κ2) is 5.23. The molecule has 0 unspecified atom stereocenters. The lowest BCUT2D eigenvalue weighted by Gasteiger charge is -2.14. The molecule has 0 spiro atoms. The van der Waals surface area contributed by atoms with Crippen LogP contribution in [-0.4, -0.2) is 0 Å². The normalized spacial score (nSPS) is 12.8. The maximum absolute atomic E-state index is 6.01. The Bertz CT molecular complexity index is 299. The van der Waals surface area contributed by atoms with Crippen LogP contribution in [0.15, 0.2) is 18.2 Å². The van der Waals surface area contributed by atoms with E-state index in [1.165, 1.54) is 0 Å². The first-order valence-electron chi connectivity index (χ1n) is 4.95. The van der Waals surface area contributed by atoms with Gasteiger partial charge in [-0.2, -0.15) is 0 Å². The molecule has 0 aromatic heterocycles. The number of rotatable bonds is 4. The second-order valence-electron chi connectivity index (χ2n) is 3.52. The van der Waals surface area contributed by atoms with Crippen molar-refractivity contribution in [2.24, 2.45) is 5.73 Å². The van der Waals surface area contributed by atoms with E-state index in [-0.39, 0.29) is 6.04 Å². The van der Waals surface area contributed by atoms with Crippen LogP contribution in [0, 0.1) is 0 Å². The average Bonchev–Trinajstić information content (AvgIpc) is 2.18. The van der Waals surface area contributed by atoms with Crippen LogP contribution in [0.2, 0.25) is 5.02 Å². The molecule has 0 fully saturated rings. The lowest BCUT2D eigenvalue weighted by Crippen LogP contribution is -2.12. The van der Waals surface area contributed by atoms with Crippen LogP contribution in [-0.2, 0) is 0 Å². The van der Waals surface area contributed by atoms with Crippen molar-refractivity contribution in [3.8, 4) is 0 Å². The number of anilines is 1. The molecule has 0 amide bonds. The highest BCUT2D eigenvalue weighted by atomic mass is 35.5. The molecular weight excluding hydrogens is 196 g/mol. The average molecular weight is 213 g/mol. The Kier molecular flexibility index (Phi) is 4.23. The van der Waals surface area contributed by atoms with Gasteiger partial charge in [-0.05, 0) is 30.2 Å². The SMILES string of the molecule is CCCC[C@H](N)c1cc(Cl)ccc1N. The van der Waals surface area contributed by atoms with Gasteiger partial charge in [-0.1, -0.05) is 31.4 Å². The molecule has 0 aliphatic rings. The van der Waals surface area contributed by atoms with Crippen LogP contribution in [0.3, 0.4) is 0 Å². The molecule has 0 aliphatic heterocycles. The molecule has 1 atom stereocenters. The summed E-state index contributed by atoms with van der Waals surface area (Å²) in [6.07, 6.45) is 3.22. The molecule has 78 valence electrons. The number of hydrogen-bond donors (Lipinski definition) is 2. The molecule has 0 bridgehead atoms. The fourth-order valence-electron chi connectivity index (χ4n) is 1.45. The molecule has 1 aromatic rings. The Morgan fingerprint density at radius 1 is 1.43 bits per heavy atom. The zero-order valence-electron chi connectivity index (χ0n) is 8.46. The van der Waals surface area contributed by atoms with Crippen molar-refractivity contribution in [2.75, 3.05) is 5.73 Å². The molecular formula is C11H17ClN2. The molecule has 0 heterocycles. The van der Waals surface area contributed by atoms with Crippen LogP contribution in [0.25, 0.3) is 0 Å². The molecule has 0 aliphatic carbocycles. The van der Waals surface area contributed by atoms with Gasteiger partial charge in [-0.15, -0.1) is 0 Å². The van der Waals surface area contributed by atoms with Crippen molar-refractivity contribution in [3.05, 3.63) is 28.8 Å². The first kappa shape index (κ1) is 11.3. The van der Waals surface area contributed by atoms with Crippen molar-refractivity contribution in [2.45, 2.75) is 32.2 Å². The van der Waals surface area contributed by atoms with E-state index in [0.29, 0.717) is 5.02 Å². The van der Waals surface area contributed by atoms with E-state index >= 15 is 0 Å². The number of hydrogen-bond acceptors (Lipinski definition) is 2. The number of halogens is 1. The summed E-state index contributed by atoms with van der Waals surface area (Å²) in [6, 6.07) is 5.46. The minimum atomic E-state index is 0.00801. The third-order valence-corrected chi connectivity index (χ3v) is 2.55. The number of benzene rings is 1. The Morgan fingerprint density at radius 3 is 2.79 bits per heavy atom. The van der Waals surface area contributed by atoms with Gasteiger partial charge in [0.15, 0.2) is 0 Å². The van der Waals surface area contributed by atoms with Crippen molar-refractivity contribution >= 4 is 17.3 Å². The first-order chi connectivity index (χ1) is 6.65. The topological polar surface area (TPSA) is 52.0 Å². The van der Waals surface area contributed by atoms with Gasteiger partial charge in [0.05, 0.1) is 0 Å². The molecule has 4 N–H and O–H groups in total. The summed E-state index contributed by atoms with van der Waals surface area (Å²) in [5.74, 6) is 0. The largest absolute Gasteiger partial charge is 0.398 e. The minimum absolute atomic E-state index is 0.00801. The van der Waals surface area contributed by atoms with Crippen molar-refractivity contribution in [1.82, 2.24) is 0 Å². The third kappa shape index (κ3) is 2.89.